The third-order valence-corrected chi connectivity index (χ3v) is 5.01. The molecule has 3 aromatic rings. The van der Waals surface area contributed by atoms with Crippen molar-refractivity contribution in [3.63, 3.8) is 0 Å². The predicted octanol–water partition coefficient (Wildman–Crippen LogP) is 5.22. The molecular formula is C25H30ClNO3. The highest BCUT2D eigenvalue weighted by Gasteiger charge is 2.17. The van der Waals surface area contributed by atoms with Gasteiger partial charge in [-0.2, -0.15) is 0 Å². The Morgan fingerprint density at radius 2 is 1.63 bits per heavy atom. The van der Waals surface area contributed by atoms with Crippen LogP contribution in [0.3, 0.4) is 0 Å². The molecule has 0 aliphatic heterocycles. The Kier molecular flexibility index (Phi) is 9.18. The molecule has 2 unspecified atom stereocenters. The normalized spacial score (nSPS) is 12.5. The summed E-state index contributed by atoms with van der Waals surface area (Å²) in [7, 11) is 1.65. The highest BCUT2D eigenvalue weighted by molar-refractivity contribution is 5.85. The van der Waals surface area contributed by atoms with Crippen molar-refractivity contribution in [3.8, 4) is 11.5 Å². The van der Waals surface area contributed by atoms with Crippen molar-refractivity contribution in [2.45, 2.75) is 39.1 Å². The van der Waals surface area contributed by atoms with Crippen LogP contribution in [0.1, 0.15) is 35.3 Å². The number of ether oxygens (including phenoxy) is 2. The molecule has 160 valence electrons. The number of rotatable bonds is 9. The summed E-state index contributed by atoms with van der Waals surface area (Å²) in [5.74, 6) is 1.43. The minimum absolute atomic E-state index is 0. The van der Waals surface area contributed by atoms with Crippen LogP contribution in [0.2, 0.25) is 0 Å². The van der Waals surface area contributed by atoms with Gasteiger partial charge in [0.15, 0.2) is 11.5 Å². The van der Waals surface area contributed by atoms with Gasteiger partial charge in [-0.25, -0.2) is 0 Å². The SMILES string of the molecule is COc1cccc(CNC(C)C(O)c2ccccc2)c1OCc1ccc(C)cc1.Cl. The molecule has 0 amide bonds. The first-order valence-corrected chi connectivity index (χ1v) is 9.89. The lowest BCUT2D eigenvalue weighted by Crippen LogP contribution is -2.31. The van der Waals surface area contributed by atoms with Gasteiger partial charge in [-0.1, -0.05) is 72.3 Å². The summed E-state index contributed by atoms with van der Waals surface area (Å²) in [4.78, 5) is 0. The largest absolute Gasteiger partial charge is 0.493 e. The maximum atomic E-state index is 10.6. The van der Waals surface area contributed by atoms with Gasteiger partial charge in [-0.3, -0.25) is 0 Å². The van der Waals surface area contributed by atoms with Crippen LogP contribution in [0, 0.1) is 6.92 Å². The zero-order valence-electron chi connectivity index (χ0n) is 17.7. The number of hydrogen-bond acceptors (Lipinski definition) is 4. The Labute approximate surface area is 185 Å². The number of aryl methyl sites for hydroxylation is 1. The van der Waals surface area contributed by atoms with Gasteiger partial charge < -0.3 is 19.9 Å². The number of aliphatic hydroxyl groups is 1. The molecule has 2 atom stereocenters. The van der Waals surface area contributed by atoms with Crippen molar-refractivity contribution in [1.82, 2.24) is 5.32 Å². The van der Waals surface area contributed by atoms with Gasteiger partial charge in [0, 0.05) is 18.2 Å². The molecule has 0 bridgehead atoms. The molecule has 0 aliphatic carbocycles. The quantitative estimate of drug-likeness (QED) is 0.491. The molecule has 5 heteroatoms. The second-order valence-electron chi connectivity index (χ2n) is 7.25. The second kappa shape index (κ2) is 11.6. The minimum Gasteiger partial charge on any atom is -0.493 e. The van der Waals surface area contributed by atoms with Gasteiger partial charge in [0.2, 0.25) is 0 Å². The molecule has 0 aliphatic rings. The van der Waals surface area contributed by atoms with E-state index in [1.165, 1.54) is 5.56 Å². The maximum absolute atomic E-state index is 10.6. The summed E-state index contributed by atoms with van der Waals surface area (Å²) in [6.45, 7) is 5.08. The molecule has 30 heavy (non-hydrogen) atoms. The van der Waals surface area contributed by atoms with E-state index in [-0.39, 0.29) is 18.4 Å². The fourth-order valence-corrected chi connectivity index (χ4v) is 3.19. The van der Waals surface area contributed by atoms with Gasteiger partial charge >= 0.3 is 0 Å². The Morgan fingerprint density at radius 1 is 0.933 bits per heavy atom. The highest BCUT2D eigenvalue weighted by Crippen LogP contribution is 2.32. The van der Waals surface area contributed by atoms with Gasteiger partial charge in [0.05, 0.1) is 13.2 Å². The zero-order chi connectivity index (χ0) is 20.6. The first kappa shape index (κ1) is 23.7. The molecule has 0 spiro atoms. The smallest absolute Gasteiger partial charge is 0.166 e. The molecule has 0 radical (unpaired) electrons. The standard InChI is InChI=1S/C25H29NO3.ClH/c1-18-12-14-20(15-13-18)17-29-25-22(10-7-11-23(25)28-3)16-26-19(2)24(27)21-8-5-4-6-9-21;/h4-15,19,24,26-27H,16-17H2,1-3H3;1H. The number of benzene rings is 3. The van der Waals surface area contributed by atoms with Crippen molar-refractivity contribution in [2.24, 2.45) is 0 Å². The molecular weight excluding hydrogens is 398 g/mol. The maximum Gasteiger partial charge on any atom is 0.166 e. The van der Waals surface area contributed by atoms with Crippen molar-refractivity contribution in [3.05, 3.63) is 95.1 Å². The lowest BCUT2D eigenvalue weighted by atomic mass is 10.0. The summed E-state index contributed by atoms with van der Waals surface area (Å²) in [6.07, 6.45) is -0.585. The van der Waals surface area contributed by atoms with E-state index < -0.39 is 6.10 Å². The number of aliphatic hydroxyl groups excluding tert-OH is 1. The van der Waals surface area contributed by atoms with Crippen molar-refractivity contribution < 1.29 is 14.6 Å². The third kappa shape index (κ3) is 6.23. The molecule has 4 nitrogen and oxygen atoms in total. The lowest BCUT2D eigenvalue weighted by molar-refractivity contribution is 0.135. The van der Waals surface area contributed by atoms with Crippen molar-refractivity contribution >= 4 is 12.4 Å². The fraction of sp³-hybridized carbons (Fsp3) is 0.280. The summed E-state index contributed by atoms with van der Waals surface area (Å²) in [5, 5.41) is 14.0. The number of halogens is 1. The summed E-state index contributed by atoms with van der Waals surface area (Å²) in [6, 6.07) is 23.7. The number of nitrogens with one attached hydrogen (secondary N) is 1. The minimum atomic E-state index is -0.585. The predicted molar refractivity (Wildman–Crippen MR) is 123 cm³/mol. The third-order valence-electron chi connectivity index (χ3n) is 5.01. The van der Waals surface area contributed by atoms with Gasteiger partial charge in [0.25, 0.3) is 0 Å². The number of para-hydroxylation sites is 1. The summed E-state index contributed by atoms with van der Waals surface area (Å²) in [5.41, 5.74) is 4.22. The van der Waals surface area contributed by atoms with E-state index in [4.69, 9.17) is 9.47 Å². The van der Waals surface area contributed by atoms with Gasteiger partial charge in [0.1, 0.15) is 6.61 Å². The van der Waals surface area contributed by atoms with Crippen LogP contribution in [0.25, 0.3) is 0 Å². The van der Waals surface area contributed by atoms with Crippen LogP contribution < -0.4 is 14.8 Å². The Bertz CT molecular complexity index is 900. The average Bonchev–Trinajstić information content (AvgIpc) is 2.77. The molecule has 0 saturated heterocycles. The first-order valence-electron chi connectivity index (χ1n) is 9.89. The molecule has 0 aromatic heterocycles. The van der Waals surface area contributed by atoms with E-state index in [0.717, 1.165) is 22.4 Å². The van der Waals surface area contributed by atoms with E-state index in [1.807, 2.05) is 55.5 Å². The molecule has 0 heterocycles. The fourth-order valence-electron chi connectivity index (χ4n) is 3.19. The van der Waals surface area contributed by atoms with Crippen LogP contribution in [0.4, 0.5) is 0 Å². The number of hydrogen-bond donors (Lipinski definition) is 2. The number of methoxy groups -OCH3 is 1. The zero-order valence-corrected chi connectivity index (χ0v) is 18.5. The summed E-state index contributed by atoms with van der Waals surface area (Å²) < 4.78 is 11.6. The van der Waals surface area contributed by atoms with E-state index in [0.29, 0.717) is 18.9 Å². The van der Waals surface area contributed by atoms with E-state index >= 15 is 0 Å². The van der Waals surface area contributed by atoms with Crippen molar-refractivity contribution in [2.75, 3.05) is 7.11 Å². The van der Waals surface area contributed by atoms with Crippen LogP contribution in [0.15, 0.2) is 72.8 Å². The van der Waals surface area contributed by atoms with E-state index in [2.05, 4.69) is 36.5 Å². The second-order valence-corrected chi connectivity index (χ2v) is 7.25. The monoisotopic (exact) mass is 427 g/mol. The summed E-state index contributed by atoms with van der Waals surface area (Å²) >= 11 is 0. The van der Waals surface area contributed by atoms with E-state index in [9.17, 15) is 5.11 Å². The molecule has 3 rings (SSSR count). The Hall–Kier alpha value is -2.53. The van der Waals surface area contributed by atoms with Crippen LogP contribution in [0.5, 0.6) is 11.5 Å². The van der Waals surface area contributed by atoms with Crippen LogP contribution in [-0.4, -0.2) is 18.3 Å². The molecule has 3 aromatic carbocycles. The van der Waals surface area contributed by atoms with Crippen LogP contribution >= 0.6 is 12.4 Å². The van der Waals surface area contributed by atoms with Gasteiger partial charge in [-0.05, 0) is 31.0 Å². The van der Waals surface area contributed by atoms with Crippen LogP contribution in [-0.2, 0) is 13.2 Å². The average molecular weight is 428 g/mol. The molecule has 2 N–H and O–H groups in total. The Balaban J connectivity index is 0.00000320. The first-order chi connectivity index (χ1) is 14.1. The lowest BCUT2D eigenvalue weighted by Gasteiger charge is -2.22. The van der Waals surface area contributed by atoms with Crippen molar-refractivity contribution in [1.29, 1.82) is 0 Å². The molecule has 0 saturated carbocycles. The molecule has 0 fully saturated rings. The topological polar surface area (TPSA) is 50.7 Å². The highest BCUT2D eigenvalue weighted by atomic mass is 35.5. The van der Waals surface area contributed by atoms with E-state index in [1.54, 1.807) is 7.11 Å². The Morgan fingerprint density at radius 3 is 2.30 bits per heavy atom. The van der Waals surface area contributed by atoms with Gasteiger partial charge in [-0.15, -0.1) is 12.4 Å².